The zero-order valence-corrected chi connectivity index (χ0v) is 18.8. The van der Waals surface area contributed by atoms with Crippen LogP contribution in [0.4, 0.5) is 0 Å². The summed E-state index contributed by atoms with van der Waals surface area (Å²) < 4.78 is 6.63. The number of carbonyl (C=O) groups is 2. The zero-order valence-electron chi connectivity index (χ0n) is 18.8. The molecule has 0 aliphatic heterocycles. The van der Waals surface area contributed by atoms with E-state index in [2.05, 4.69) is 5.10 Å². The van der Waals surface area contributed by atoms with Gasteiger partial charge in [-0.05, 0) is 43.5 Å². The third kappa shape index (κ3) is 4.60. The predicted octanol–water partition coefficient (Wildman–Crippen LogP) is 4.41. The fraction of sp³-hybridized carbons (Fsp3) is 0.185. The molecule has 0 saturated carbocycles. The van der Waals surface area contributed by atoms with Crippen LogP contribution in [0.15, 0.2) is 71.5 Å². The van der Waals surface area contributed by atoms with E-state index in [0.29, 0.717) is 16.3 Å². The molecule has 0 spiro atoms. The molecule has 1 aromatic heterocycles. The number of ether oxygens (including phenoxy) is 1. The van der Waals surface area contributed by atoms with Crippen LogP contribution in [-0.2, 0) is 11.3 Å². The van der Waals surface area contributed by atoms with Crippen LogP contribution in [0.1, 0.15) is 43.1 Å². The summed E-state index contributed by atoms with van der Waals surface area (Å²) in [5.41, 5.74) is 3.89. The summed E-state index contributed by atoms with van der Waals surface area (Å²) in [7, 11) is 0. The number of aryl methyl sites for hydroxylation is 3. The average Bonchev–Trinajstić information content (AvgIpc) is 2.79. The van der Waals surface area contributed by atoms with Crippen LogP contribution in [0, 0.1) is 20.8 Å². The summed E-state index contributed by atoms with van der Waals surface area (Å²) in [4.78, 5) is 38.7. The lowest BCUT2D eigenvalue weighted by Crippen LogP contribution is -2.27. The Labute approximate surface area is 191 Å². The first-order chi connectivity index (χ1) is 15.8. The van der Waals surface area contributed by atoms with Gasteiger partial charge in [0.05, 0.1) is 11.9 Å². The highest BCUT2D eigenvalue weighted by molar-refractivity contribution is 6.04. The van der Waals surface area contributed by atoms with Crippen LogP contribution in [-0.4, -0.2) is 28.1 Å². The van der Waals surface area contributed by atoms with Crippen LogP contribution in [0.2, 0.25) is 0 Å². The molecule has 0 aliphatic rings. The van der Waals surface area contributed by atoms with Crippen molar-refractivity contribution in [3.05, 3.63) is 111 Å². The van der Waals surface area contributed by atoms with Crippen LogP contribution in [0.5, 0.6) is 0 Å². The summed E-state index contributed by atoms with van der Waals surface area (Å²) in [6, 6.07) is 20.0. The van der Waals surface area contributed by atoms with Gasteiger partial charge in [-0.2, -0.15) is 5.10 Å². The van der Waals surface area contributed by atoms with Crippen LogP contribution in [0.25, 0.3) is 10.8 Å². The number of aromatic nitrogens is 2. The van der Waals surface area contributed by atoms with Gasteiger partial charge < -0.3 is 4.74 Å². The van der Waals surface area contributed by atoms with E-state index in [1.165, 1.54) is 4.68 Å². The zero-order chi connectivity index (χ0) is 23.5. The molecule has 0 fully saturated rings. The first-order valence-electron chi connectivity index (χ1n) is 10.7. The Hall–Kier alpha value is -4.06. The molecule has 0 N–H and O–H groups in total. The Morgan fingerprint density at radius 2 is 1.48 bits per heavy atom. The summed E-state index contributed by atoms with van der Waals surface area (Å²) >= 11 is 0. The second kappa shape index (κ2) is 9.20. The fourth-order valence-electron chi connectivity index (χ4n) is 4.14. The van der Waals surface area contributed by atoms with Gasteiger partial charge in [-0.15, -0.1) is 0 Å². The summed E-state index contributed by atoms with van der Waals surface area (Å²) in [6.07, 6.45) is 0. The lowest BCUT2D eigenvalue weighted by Gasteiger charge is -2.12. The van der Waals surface area contributed by atoms with Gasteiger partial charge in [0.15, 0.2) is 12.3 Å². The number of Topliss-reactive ketones (excluding diaryl/α,β-unsaturated/α-hetero) is 1. The molecular weight excluding hydrogens is 416 g/mol. The predicted molar refractivity (Wildman–Crippen MR) is 127 cm³/mol. The highest BCUT2D eigenvalue weighted by Crippen LogP contribution is 2.18. The quantitative estimate of drug-likeness (QED) is 0.328. The molecule has 6 heteroatoms. The number of hydrogen-bond acceptors (Lipinski definition) is 5. The number of benzene rings is 3. The number of esters is 1. The molecule has 0 unspecified atom stereocenters. The number of carbonyl (C=O) groups excluding carboxylic acids is 2. The van der Waals surface area contributed by atoms with Gasteiger partial charge in [-0.1, -0.05) is 66.2 Å². The molecule has 0 bridgehead atoms. The maximum atomic E-state index is 13.0. The number of ketones is 1. The van der Waals surface area contributed by atoms with Crippen LogP contribution < -0.4 is 5.56 Å². The van der Waals surface area contributed by atoms with Gasteiger partial charge in [0, 0.05) is 10.9 Å². The van der Waals surface area contributed by atoms with E-state index in [-0.39, 0.29) is 23.6 Å². The van der Waals surface area contributed by atoms with Crippen molar-refractivity contribution in [2.24, 2.45) is 0 Å². The summed E-state index contributed by atoms with van der Waals surface area (Å²) in [5.74, 6) is -1.02. The number of hydrogen-bond donors (Lipinski definition) is 0. The van der Waals surface area contributed by atoms with E-state index < -0.39 is 12.6 Å². The van der Waals surface area contributed by atoms with E-state index in [0.717, 1.165) is 22.3 Å². The highest BCUT2D eigenvalue weighted by Gasteiger charge is 2.21. The molecule has 0 radical (unpaired) electrons. The third-order valence-electron chi connectivity index (χ3n) is 5.53. The molecule has 4 aromatic rings. The van der Waals surface area contributed by atoms with E-state index in [9.17, 15) is 14.4 Å². The number of nitrogens with zero attached hydrogens (tertiary/aromatic N) is 2. The topological polar surface area (TPSA) is 78.3 Å². The maximum absolute atomic E-state index is 13.0. The smallest absolute Gasteiger partial charge is 0.359 e. The molecule has 0 amide bonds. The second-order valence-electron chi connectivity index (χ2n) is 8.12. The lowest BCUT2D eigenvalue weighted by atomic mass is 9.97. The standard InChI is InChI=1S/C27H24N2O4/c1-17-13-18(2)24(19(3)14-17)23(30)16-33-27(32)25-21-11-7-8-12-22(21)26(31)29(28-25)15-20-9-5-4-6-10-20/h4-14H,15-16H2,1-3H3. The first kappa shape index (κ1) is 22.1. The minimum atomic E-state index is -0.747. The maximum Gasteiger partial charge on any atom is 0.359 e. The Morgan fingerprint density at radius 3 is 2.15 bits per heavy atom. The van der Waals surface area contributed by atoms with Crippen molar-refractivity contribution >= 4 is 22.5 Å². The van der Waals surface area contributed by atoms with Gasteiger partial charge in [-0.3, -0.25) is 9.59 Å². The van der Waals surface area contributed by atoms with Crippen LogP contribution in [0.3, 0.4) is 0 Å². The molecule has 0 aliphatic carbocycles. The number of rotatable bonds is 6. The number of fused-ring (bicyclic) bond motifs is 1. The molecule has 6 nitrogen and oxygen atoms in total. The molecule has 0 saturated heterocycles. The van der Waals surface area contributed by atoms with Crippen molar-refractivity contribution in [1.82, 2.24) is 9.78 Å². The Balaban J connectivity index is 1.65. The largest absolute Gasteiger partial charge is 0.452 e. The summed E-state index contributed by atoms with van der Waals surface area (Å²) in [6.45, 7) is 5.51. The van der Waals surface area contributed by atoms with Gasteiger partial charge in [0.25, 0.3) is 5.56 Å². The molecule has 0 atom stereocenters. The molecule has 4 rings (SSSR count). The molecular formula is C27H24N2O4. The molecule has 3 aromatic carbocycles. The third-order valence-corrected chi connectivity index (χ3v) is 5.53. The van der Waals surface area contributed by atoms with Crippen molar-refractivity contribution in [3.8, 4) is 0 Å². The Morgan fingerprint density at radius 1 is 0.879 bits per heavy atom. The van der Waals surface area contributed by atoms with Gasteiger partial charge in [0.1, 0.15) is 0 Å². The Kier molecular flexibility index (Phi) is 6.18. The van der Waals surface area contributed by atoms with Crippen molar-refractivity contribution in [2.75, 3.05) is 6.61 Å². The van der Waals surface area contributed by atoms with Crippen molar-refractivity contribution < 1.29 is 14.3 Å². The monoisotopic (exact) mass is 440 g/mol. The van der Waals surface area contributed by atoms with Gasteiger partial charge in [0.2, 0.25) is 5.78 Å². The minimum Gasteiger partial charge on any atom is -0.452 e. The van der Waals surface area contributed by atoms with Crippen molar-refractivity contribution in [2.45, 2.75) is 27.3 Å². The normalized spacial score (nSPS) is 10.9. The van der Waals surface area contributed by atoms with E-state index in [1.54, 1.807) is 24.3 Å². The minimum absolute atomic E-state index is 0.00582. The average molecular weight is 440 g/mol. The van der Waals surface area contributed by atoms with Crippen molar-refractivity contribution in [3.63, 3.8) is 0 Å². The second-order valence-corrected chi connectivity index (χ2v) is 8.12. The van der Waals surface area contributed by atoms with E-state index >= 15 is 0 Å². The van der Waals surface area contributed by atoms with Gasteiger partial charge >= 0.3 is 5.97 Å². The molecule has 33 heavy (non-hydrogen) atoms. The lowest BCUT2D eigenvalue weighted by molar-refractivity contribution is 0.0468. The molecule has 166 valence electrons. The fourth-order valence-corrected chi connectivity index (χ4v) is 4.14. The first-order valence-corrected chi connectivity index (χ1v) is 10.7. The molecule has 1 heterocycles. The SMILES string of the molecule is Cc1cc(C)c(C(=O)COC(=O)c2nn(Cc3ccccc3)c(=O)c3ccccc23)c(C)c1. The van der Waals surface area contributed by atoms with E-state index in [4.69, 9.17) is 4.74 Å². The van der Waals surface area contributed by atoms with Crippen molar-refractivity contribution in [1.29, 1.82) is 0 Å². The Bertz CT molecular complexity index is 1400. The van der Waals surface area contributed by atoms with Crippen LogP contribution >= 0.6 is 0 Å². The summed E-state index contributed by atoms with van der Waals surface area (Å²) in [5, 5.41) is 5.07. The van der Waals surface area contributed by atoms with Gasteiger partial charge in [-0.25, -0.2) is 9.48 Å². The highest BCUT2D eigenvalue weighted by atomic mass is 16.5. The van der Waals surface area contributed by atoms with E-state index in [1.807, 2.05) is 63.2 Å².